The summed E-state index contributed by atoms with van der Waals surface area (Å²) >= 11 is 1.21. The molecule has 0 aliphatic heterocycles. The molecule has 0 radical (unpaired) electrons. The highest BCUT2D eigenvalue weighted by atomic mass is 32.2. The van der Waals surface area contributed by atoms with Gasteiger partial charge in [0.15, 0.2) is 0 Å². The number of ether oxygens (including phenoxy) is 1. The lowest BCUT2D eigenvalue weighted by atomic mass is 9.81. The summed E-state index contributed by atoms with van der Waals surface area (Å²) in [4.78, 5) is 12.5. The Morgan fingerprint density at radius 3 is 2.63 bits per heavy atom. The van der Waals surface area contributed by atoms with Crippen LogP contribution < -0.4 is 14.8 Å². The van der Waals surface area contributed by atoms with Crippen molar-refractivity contribution in [1.82, 2.24) is 4.72 Å². The summed E-state index contributed by atoms with van der Waals surface area (Å²) in [7, 11) is -1.82. The van der Waals surface area contributed by atoms with Crippen LogP contribution in [-0.2, 0) is 14.8 Å². The Balaban J connectivity index is 1.46. The standard InChI is InChI=1S/C19H24N2O4S2/c1-25-17-5-2-4-16(12-17)21-19(22)15-9-7-14(8-10-15)13-20-27(23,24)18-6-3-11-26-18/h2-6,11-12,14-15,20H,7-10,13H2,1H3,(H,21,22). The molecule has 8 heteroatoms. The van der Waals surface area contributed by atoms with Crippen molar-refractivity contribution < 1.29 is 17.9 Å². The predicted octanol–water partition coefficient (Wildman–Crippen LogP) is 3.48. The molecular formula is C19H24N2O4S2. The van der Waals surface area contributed by atoms with Crippen molar-refractivity contribution in [2.24, 2.45) is 11.8 Å². The summed E-state index contributed by atoms with van der Waals surface area (Å²) < 4.78 is 32.6. The van der Waals surface area contributed by atoms with Gasteiger partial charge in [0.2, 0.25) is 15.9 Å². The van der Waals surface area contributed by atoms with Crippen LogP contribution in [0.3, 0.4) is 0 Å². The average molecular weight is 409 g/mol. The van der Waals surface area contributed by atoms with E-state index in [9.17, 15) is 13.2 Å². The number of amides is 1. The van der Waals surface area contributed by atoms with E-state index in [1.165, 1.54) is 11.3 Å². The third-order valence-corrected chi connectivity index (χ3v) is 7.70. The minimum absolute atomic E-state index is 0.0147. The van der Waals surface area contributed by atoms with Crippen LogP contribution >= 0.6 is 11.3 Å². The molecule has 3 rings (SSSR count). The maximum absolute atomic E-state index is 12.5. The van der Waals surface area contributed by atoms with Crippen LogP contribution in [0, 0.1) is 11.8 Å². The van der Waals surface area contributed by atoms with Crippen molar-refractivity contribution in [2.45, 2.75) is 29.9 Å². The van der Waals surface area contributed by atoms with Crippen molar-refractivity contribution in [1.29, 1.82) is 0 Å². The maximum Gasteiger partial charge on any atom is 0.250 e. The summed E-state index contributed by atoms with van der Waals surface area (Å²) in [6.07, 6.45) is 3.20. The Bertz CT molecular complexity index is 858. The number of methoxy groups -OCH3 is 1. The molecule has 1 amide bonds. The van der Waals surface area contributed by atoms with Gasteiger partial charge in [-0.3, -0.25) is 4.79 Å². The minimum Gasteiger partial charge on any atom is -0.497 e. The van der Waals surface area contributed by atoms with E-state index in [0.717, 1.165) is 31.4 Å². The molecule has 0 spiro atoms. The number of sulfonamides is 1. The molecule has 0 bridgehead atoms. The Hall–Kier alpha value is -1.90. The van der Waals surface area contributed by atoms with Crippen molar-refractivity contribution in [3.63, 3.8) is 0 Å². The first-order chi connectivity index (χ1) is 13.0. The lowest BCUT2D eigenvalue weighted by molar-refractivity contribution is -0.121. The molecule has 1 aromatic carbocycles. The molecule has 0 unspecified atom stereocenters. The summed E-state index contributed by atoms with van der Waals surface area (Å²) in [6.45, 7) is 0.421. The number of carbonyl (C=O) groups is 1. The molecule has 1 aliphatic carbocycles. The van der Waals surface area contributed by atoms with E-state index in [4.69, 9.17) is 4.74 Å². The minimum atomic E-state index is -3.42. The topological polar surface area (TPSA) is 84.5 Å². The van der Waals surface area contributed by atoms with E-state index < -0.39 is 10.0 Å². The Morgan fingerprint density at radius 1 is 1.19 bits per heavy atom. The highest BCUT2D eigenvalue weighted by molar-refractivity contribution is 7.91. The molecule has 2 aromatic rings. The highest BCUT2D eigenvalue weighted by Gasteiger charge is 2.27. The zero-order chi connectivity index (χ0) is 19.3. The van der Waals surface area contributed by atoms with Gasteiger partial charge >= 0.3 is 0 Å². The monoisotopic (exact) mass is 408 g/mol. The van der Waals surface area contributed by atoms with Gasteiger partial charge < -0.3 is 10.1 Å². The van der Waals surface area contributed by atoms with Crippen LogP contribution in [0.25, 0.3) is 0 Å². The van der Waals surface area contributed by atoms with Crippen molar-refractivity contribution in [2.75, 3.05) is 19.0 Å². The van der Waals surface area contributed by atoms with Gasteiger partial charge in [-0.15, -0.1) is 11.3 Å². The zero-order valence-corrected chi connectivity index (χ0v) is 16.8. The summed E-state index contributed by atoms with van der Waals surface area (Å²) in [6, 6.07) is 10.6. The first-order valence-corrected chi connectivity index (χ1v) is 11.3. The number of hydrogen-bond donors (Lipinski definition) is 2. The quantitative estimate of drug-likeness (QED) is 0.735. The molecular weight excluding hydrogens is 384 g/mol. The van der Waals surface area contributed by atoms with Crippen molar-refractivity contribution in [3.8, 4) is 5.75 Å². The van der Waals surface area contributed by atoms with Crippen molar-refractivity contribution >= 4 is 33.0 Å². The summed E-state index contributed by atoms with van der Waals surface area (Å²) in [5, 5.41) is 4.70. The molecule has 0 atom stereocenters. The van der Waals surface area contributed by atoms with Crippen LogP contribution in [0.2, 0.25) is 0 Å². The molecule has 1 aliphatic rings. The third-order valence-electron chi connectivity index (χ3n) is 4.88. The van der Waals surface area contributed by atoms with Crippen LogP contribution in [0.5, 0.6) is 5.75 Å². The molecule has 1 fully saturated rings. The first-order valence-electron chi connectivity index (χ1n) is 8.96. The Morgan fingerprint density at radius 2 is 1.96 bits per heavy atom. The molecule has 1 heterocycles. The number of nitrogens with one attached hydrogen (secondary N) is 2. The predicted molar refractivity (Wildman–Crippen MR) is 107 cm³/mol. The van der Waals surface area contributed by atoms with E-state index in [1.807, 2.05) is 18.2 Å². The number of hydrogen-bond acceptors (Lipinski definition) is 5. The summed E-state index contributed by atoms with van der Waals surface area (Å²) in [5.74, 6) is 0.942. The second kappa shape index (κ2) is 8.86. The van der Waals surface area contributed by atoms with Crippen LogP contribution in [0.1, 0.15) is 25.7 Å². The van der Waals surface area contributed by atoms with E-state index in [0.29, 0.717) is 16.5 Å². The third kappa shape index (κ3) is 5.31. The normalized spacial score (nSPS) is 20.2. The van der Waals surface area contributed by atoms with E-state index in [2.05, 4.69) is 10.0 Å². The van der Waals surface area contributed by atoms with E-state index >= 15 is 0 Å². The van der Waals surface area contributed by atoms with Crippen LogP contribution in [0.4, 0.5) is 5.69 Å². The number of carbonyl (C=O) groups excluding carboxylic acids is 1. The van der Waals surface area contributed by atoms with Gasteiger partial charge in [0.25, 0.3) is 0 Å². The molecule has 1 saturated carbocycles. The number of benzene rings is 1. The molecule has 146 valence electrons. The number of rotatable bonds is 7. The van der Waals surface area contributed by atoms with Gasteiger partial charge in [0.05, 0.1) is 7.11 Å². The van der Waals surface area contributed by atoms with E-state index in [-0.39, 0.29) is 17.7 Å². The Kier molecular flexibility index (Phi) is 6.51. The van der Waals surface area contributed by atoms with Crippen molar-refractivity contribution in [3.05, 3.63) is 41.8 Å². The zero-order valence-electron chi connectivity index (χ0n) is 15.2. The molecule has 1 aromatic heterocycles. The van der Waals surface area contributed by atoms with Crippen LogP contribution in [0.15, 0.2) is 46.0 Å². The lowest BCUT2D eigenvalue weighted by Crippen LogP contribution is -2.33. The van der Waals surface area contributed by atoms with Gasteiger partial charge in [0, 0.05) is 24.2 Å². The molecule has 2 N–H and O–H groups in total. The fourth-order valence-corrected chi connectivity index (χ4v) is 5.44. The molecule has 0 saturated heterocycles. The smallest absolute Gasteiger partial charge is 0.250 e. The SMILES string of the molecule is COc1cccc(NC(=O)C2CCC(CNS(=O)(=O)c3cccs3)CC2)c1. The average Bonchev–Trinajstić information content (AvgIpc) is 3.23. The molecule has 27 heavy (non-hydrogen) atoms. The van der Waals surface area contributed by atoms with Gasteiger partial charge in [-0.1, -0.05) is 12.1 Å². The fourth-order valence-electron chi connectivity index (χ4n) is 3.29. The second-order valence-electron chi connectivity index (χ2n) is 6.72. The van der Waals surface area contributed by atoms with E-state index in [1.54, 1.807) is 30.7 Å². The van der Waals surface area contributed by atoms with Crippen LogP contribution in [-0.4, -0.2) is 28.0 Å². The Labute approximate surface area is 164 Å². The van der Waals surface area contributed by atoms with Gasteiger partial charge in [-0.05, 0) is 55.2 Å². The lowest BCUT2D eigenvalue weighted by Gasteiger charge is -2.27. The largest absolute Gasteiger partial charge is 0.497 e. The van der Waals surface area contributed by atoms with Gasteiger partial charge in [-0.2, -0.15) is 0 Å². The number of thiophene rings is 1. The van der Waals surface area contributed by atoms with Gasteiger partial charge in [0.1, 0.15) is 9.96 Å². The summed E-state index contributed by atoms with van der Waals surface area (Å²) in [5.41, 5.74) is 0.727. The highest BCUT2D eigenvalue weighted by Crippen LogP contribution is 2.30. The maximum atomic E-state index is 12.5. The van der Waals surface area contributed by atoms with Gasteiger partial charge in [-0.25, -0.2) is 13.1 Å². The molecule has 6 nitrogen and oxygen atoms in total. The second-order valence-corrected chi connectivity index (χ2v) is 9.66. The number of anilines is 1. The first kappa shape index (κ1) is 19.9. The fraction of sp³-hybridized carbons (Fsp3) is 0.421.